The SMILES string of the molecule is CCN(CC)c1ccc(C=Nc2ccc(C)c(Br)c2)cc1. The monoisotopic (exact) mass is 344 g/mol. The van der Waals surface area contributed by atoms with E-state index in [4.69, 9.17) is 0 Å². The zero-order valence-electron chi connectivity index (χ0n) is 12.8. The number of hydrogen-bond acceptors (Lipinski definition) is 2. The number of nitrogens with zero attached hydrogens (tertiary/aromatic N) is 2. The predicted molar refractivity (Wildman–Crippen MR) is 96.1 cm³/mol. The highest BCUT2D eigenvalue weighted by atomic mass is 79.9. The van der Waals surface area contributed by atoms with Crippen molar-refractivity contribution in [2.45, 2.75) is 20.8 Å². The number of rotatable bonds is 5. The molecule has 110 valence electrons. The minimum absolute atomic E-state index is 0.959. The fraction of sp³-hybridized carbons (Fsp3) is 0.278. The van der Waals surface area contributed by atoms with Crippen molar-refractivity contribution in [3.05, 3.63) is 58.1 Å². The second-order valence-corrected chi connectivity index (χ2v) is 5.81. The van der Waals surface area contributed by atoms with Crippen molar-refractivity contribution in [1.29, 1.82) is 0 Å². The third-order valence-electron chi connectivity index (χ3n) is 3.54. The predicted octanol–water partition coefficient (Wildman–Crippen LogP) is 5.35. The van der Waals surface area contributed by atoms with Crippen LogP contribution < -0.4 is 4.90 Å². The molecule has 0 atom stereocenters. The molecule has 21 heavy (non-hydrogen) atoms. The van der Waals surface area contributed by atoms with E-state index in [0.717, 1.165) is 28.8 Å². The molecule has 0 heterocycles. The molecule has 0 radical (unpaired) electrons. The smallest absolute Gasteiger partial charge is 0.0641 e. The maximum Gasteiger partial charge on any atom is 0.0641 e. The van der Waals surface area contributed by atoms with Crippen molar-refractivity contribution in [3.8, 4) is 0 Å². The Morgan fingerprint density at radius 1 is 1.05 bits per heavy atom. The highest BCUT2D eigenvalue weighted by molar-refractivity contribution is 9.10. The van der Waals surface area contributed by atoms with Gasteiger partial charge in [0.1, 0.15) is 0 Å². The molecule has 0 aliphatic rings. The molecule has 2 nitrogen and oxygen atoms in total. The van der Waals surface area contributed by atoms with Gasteiger partial charge in [-0.1, -0.05) is 34.1 Å². The molecule has 2 aromatic carbocycles. The van der Waals surface area contributed by atoms with Crippen LogP contribution in [0.2, 0.25) is 0 Å². The van der Waals surface area contributed by atoms with E-state index in [-0.39, 0.29) is 0 Å². The number of aryl methyl sites for hydroxylation is 1. The lowest BCUT2D eigenvalue weighted by Gasteiger charge is -2.20. The number of hydrogen-bond donors (Lipinski definition) is 0. The summed E-state index contributed by atoms with van der Waals surface area (Å²) in [4.78, 5) is 6.86. The second-order valence-electron chi connectivity index (χ2n) is 4.96. The summed E-state index contributed by atoms with van der Waals surface area (Å²) in [7, 11) is 0. The van der Waals surface area contributed by atoms with Crippen LogP contribution >= 0.6 is 15.9 Å². The quantitative estimate of drug-likeness (QED) is 0.667. The third kappa shape index (κ3) is 4.18. The average Bonchev–Trinajstić information content (AvgIpc) is 2.51. The van der Waals surface area contributed by atoms with E-state index >= 15 is 0 Å². The van der Waals surface area contributed by atoms with Crippen LogP contribution in [0.5, 0.6) is 0 Å². The lowest BCUT2D eigenvalue weighted by molar-refractivity contribution is 0.866. The van der Waals surface area contributed by atoms with E-state index in [1.807, 2.05) is 18.3 Å². The largest absolute Gasteiger partial charge is 0.372 e. The van der Waals surface area contributed by atoms with Crippen molar-refractivity contribution in [1.82, 2.24) is 0 Å². The molecule has 0 fully saturated rings. The Morgan fingerprint density at radius 2 is 1.71 bits per heavy atom. The van der Waals surface area contributed by atoms with E-state index in [9.17, 15) is 0 Å². The Bertz CT molecular complexity index is 614. The fourth-order valence-corrected chi connectivity index (χ4v) is 2.54. The molecule has 0 amide bonds. The van der Waals surface area contributed by atoms with Gasteiger partial charge in [0.2, 0.25) is 0 Å². The zero-order valence-corrected chi connectivity index (χ0v) is 14.4. The molecule has 0 bridgehead atoms. The van der Waals surface area contributed by atoms with Crippen LogP contribution in [-0.2, 0) is 0 Å². The zero-order chi connectivity index (χ0) is 15.2. The standard InChI is InChI=1S/C18H21BrN2/c1-4-21(5-2)17-10-7-15(8-11-17)13-20-16-9-6-14(3)18(19)12-16/h6-13H,4-5H2,1-3H3. The number of aliphatic imine (C=N–C) groups is 1. The lowest BCUT2D eigenvalue weighted by atomic mass is 10.2. The van der Waals surface area contributed by atoms with Gasteiger partial charge in [-0.05, 0) is 56.2 Å². The summed E-state index contributed by atoms with van der Waals surface area (Å²) in [6.07, 6.45) is 1.91. The van der Waals surface area contributed by atoms with Crippen LogP contribution in [0, 0.1) is 6.92 Å². The van der Waals surface area contributed by atoms with Gasteiger partial charge in [-0.25, -0.2) is 0 Å². The molecule has 2 rings (SSSR count). The van der Waals surface area contributed by atoms with Crippen LogP contribution in [0.25, 0.3) is 0 Å². The summed E-state index contributed by atoms with van der Waals surface area (Å²) in [5.74, 6) is 0. The number of anilines is 1. The third-order valence-corrected chi connectivity index (χ3v) is 4.39. The molecule has 0 saturated heterocycles. The average molecular weight is 345 g/mol. The van der Waals surface area contributed by atoms with Crippen molar-refractivity contribution >= 4 is 33.5 Å². The summed E-state index contributed by atoms with van der Waals surface area (Å²) >= 11 is 3.53. The van der Waals surface area contributed by atoms with Gasteiger partial charge in [-0.15, -0.1) is 0 Å². The Kier molecular flexibility index (Phi) is 5.57. The van der Waals surface area contributed by atoms with Crippen LogP contribution in [0.15, 0.2) is 51.9 Å². The van der Waals surface area contributed by atoms with E-state index < -0.39 is 0 Å². The molecule has 0 aliphatic heterocycles. The van der Waals surface area contributed by atoms with E-state index in [0.29, 0.717) is 0 Å². The number of benzene rings is 2. The summed E-state index contributed by atoms with van der Waals surface area (Å²) in [6.45, 7) is 8.48. The molecular formula is C18H21BrN2. The number of halogens is 1. The van der Waals surface area contributed by atoms with Crippen molar-refractivity contribution in [2.24, 2.45) is 4.99 Å². The van der Waals surface area contributed by atoms with Gasteiger partial charge in [-0.3, -0.25) is 4.99 Å². The topological polar surface area (TPSA) is 15.6 Å². The summed E-state index contributed by atoms with van der Waals surface area (Å²) in [6, 6.07) is 14.7. The summed E-state index contributed by atoms with van der Waals surface area (Å²) < 4.78 is 1.09. The van der Waals surface area contributed by atoms with Crippen LogP contribution in [-0.4, -0.2) is 19.3 Å². The Labute approximate surface area is 135 Å². The molecule has 0 spiro atoms. The van der Waals surface area contributed by atoms with Gasteiger partial charge in [0.05, 0.1) is 5.69 Å². The fourth-order valence-electron chi connectivity index (χ4n) is 2.17. The van der Waals surface area contributed by atoms with E-state index in [1.165, 1.54) is 11.3 Å². The molecule has 2 aromatic rings. The van der Waals surface area contributed by atoms with E-state index in [1.54, 1.807) is 0 Å². The van der Waals surface area contributed by atoms with Crippen LogP contribution in [0.1, 0.15) is 25.0 Å². The molecular weight excluding hydrogens is 324 g/mol. The van der Waals surface area contributed by atoms with Crippen LogP contribution in [0.3, 0.4) is 0 Å². The molecule has 0 saturated carbocycles. The highest BCUT2D eigenvalue weighted by Gasteiger charge is 2.00. The minimum Gasteiger partial charge on any atom is -0.372 e. The first kappa shape index (κ1) is 15.8. The molecule has 0 aromatic heterocycles. The first-order valence-corrected chi connectivity index (χ1v) is 8.08. The minimum atomic E-state index is 0.959. The summed E-state index contributed by atoms with van der Waals surface area (Å²) in [5.41, 5.74) is 4.55. The molecule has 0 unspecified atom stereocenters. The van der Waals surface area contributed by atoms with Crippen molar-refractivity contribution in [3.63, 3.8) is 0 Å². The Morgan fingerprint density at radius 3 is 2.29 bits per heavy atom. The first-order chi connectivity index (χ1) is 10.1. The van der Waals surface area contributed by atoms with Gasteiger partial charge >= 0.3 is 0 Å². The van der Waals surface area contributed by atoms with Gasteiger partial charge in [-0.2, -0.15) is 0 Å². The van der Waals surface area contributed by atoms with E-state index in [2.05, 4.69) is 76.9 Å². The maximum absolute atomic E-state index is 4.52. The molecule has 0 N–H and O–H groups in total. The van der Waals surface area contributed by atoms with Crippen molar-refractivity contribution < 1.29 is 0 Å². The highest BCUT2D eigenvalue weighted by Crippen LogP contribution is 2.22. The Hall–Kier alpha value is -1.61. The van der Waals surface area contributed by atoms with Gasteiger partial charge in [0, 0.05) is 29.5 Å². The van der Waals surface area contributed by atoms with Gasteiger partial charge in [0.15, 0.2) is 0 Å². The lowest BCUT2D eigenvalue weighted by Crippen LogP contribution is -2.21. The second kappa shape index (κ2) is 7.41. The molecule has 0 aliphatic carbocycles. The van der Waals surface area contributed by atoms with Crippen molar-refractivity contribution in [2.75, 3.05) is 18.0 Å². The maximum atomic E-state index is 4.52. The first-order valence-electron chi connectivity index (χ1n) is 7.29. The normalized spacial score (nSPS) is 11.0. The van der Waals surface area contributed by atoms with Gasteiger partial charge < -0.3 is 4.90 Å². The van der Waals surface area contributed by atoms with Gasteiger partial charge in [0.25, 0.3) is 0 Å². The van der Waals surface area contributed by atoms with Crippen LogP contribution in [0.4, 0.5) is 11.4 Å². The Balaban J connectivity index is 2.12. The molecule has 3 heteroatoms. The summed E-state index contributed by atoms with van der Waals surface area (Å²) in [5, 5.41) is 0.